The Hall–Kier alpha value is -3.20. The minimum atomic E-state index is -0.818. The summed E-state index contributed by atoms with van der Waals surface area (Å²) in [6, 6.07) is 13.7. The molecule has 1 atom stereocenters. The summed E-state index contributed by atoms with van der Waals surface area (Å²) >= 11 is 7.94. The van der Waals surface area contributed by atoms with Crippen LogP contribution in [0.1, 0.15) is 33.3 Å². The number of anilines is 1. The van der Waals surface area contributed by atoms with Crippen molar-refractivity contribution in [1.29, 1.82) is 0 Å². The molecule has 2 aliphatic heterocycles. The highest BCUT2D eigenvalue weighted by molar-refractivity contribution is 7.15. The zero-order valence-corrected chi connectivity index (χ0v) is 21.0. The lowest BCUT2D eigenvalue weighted by atomic mass is 10.0. The first-order chi connectivity index (χ1) is 17.4. The minimum Gasteiger partial charge on any atom is -0.310 e. The van der Waals surface area contributed by atoms with Crippen LogP contribution in [0.15, 0.2) is 60.8 Å². The molecule has 2 amide bonds. The zero-order chi connectivity index (χ0) is 25.0. The number of carbonyl (C=O) groups excluding carboxylic acids is 1. The predicted molar refractivity (Wildman–Crippen MR) is 138 cm³/mol. The van der Waals surface area contributed by atoms with Gasteiger partial charge in [0.1, 0.15) is 16.6 Å². The molecule has 0 bridgehead atoms. The van der Waals surface area contributed by atoms with Crippen molar-refractivity contribution in [3.05, 3.63) is 105 Å². The number of amides is 2. The minimum absolute atomic E-state index is 0.0647. The second kappa shape index (κ2) is 9.03. The molecule has 9 heteroatoms. The number of carbonyl (C=O) groups is 1. The van der Waals surface area contributed by atoms with Crippen LogP contribution in [-0.2, 0) is 19.5 Å². The van der Waals surface area contributed by atoms with Crippen LogP contribution in [-0.4, -0.2) is 34.0 Å². The van der Waals surface area contributed by atoms with Crippen LogP contribution < -0.4 is 5.32 Å². The number of thiophene rings is 1. The lowest BCUT2D eigenvalue weighted by Crippen LogP contribution is -2.38. The first-order valence-electron chi connectivity index (χ1n) is 11.7. The molecule has 0 saturated heterocycles. The van der Waals surface area contributed by atoms with Gasteiger partial charge in [-0.3, -0.25) is 0 Å². The third-order valence-electron chi connectivity index (χ3n) is 6.87. The van der Waals surface area contributed by atoms with Crippen molar-refractivity contribution in [3.63, 3.8) is 0 Å². The van der Waals surface area contributed by atoms with Gasteiger partial charge in [-0.2, -0.15) is 0 Å². The van der Waals surface area contributed by atoms with E-state index in [4.69, 9.17) is 11.6 Å². The van der Waals surface area contributed by atoms with E-state index in [-0.39, 0.29) is 5.69 Å². The van der Waals surface area contributed by atoms with Gasteiger partial charge in [-0.05, 0) is 61.0 Å². The van der Waals surface area contributed by atoms with Gasteiger partial charge in [-0.25, -0.2) is 13.6 Å². The Morgan fingerprint density at radius 2 is 1.89 bits per heavy atom. The number of aromatic nitrogens is 1. The van der Waals surface area contributed by atoms with E-state index < -0.39 is 23.7 Å². The Kier molecular flexibility index (Phi) is 5.82. The number of urea groups is 1. The molecule has 0 saturated carbocycles. The monoisotopic (exact) mass is 524 g/mol. The van der Waals surface area contributed by atoms with E-state index in [1.54, 1.807) is 28.4 Å². The molecule has 4 aromatic rings. The molecular weight excluding hydrogens is 502 g/mol. The van der Waals surface area contributed by atoms with Crippen LogP contribution in [0.4, 0.5) is 19.3 Å². The molecule has 0 spiro atoms. The molecule has 5 nitrogen and oxygen atoms in total. The van der Waals surface area contributed by atoms with Gasteiger partial charge in [-0.15, -0.1) is 11.3 Å². The fourth-order valence-electron chi connectivity index (χ4n) is 5.13. The maximum Gasteiger partial charge on any atom is 0.323 e. The van der Waals surface area contributed by atoms with Crippen LogP contribution in [0.3, 0.4) is 0 Å². The number of rotatable bonds is 2. The second-order valence-electron chi connectivity index (χ2n) is 9.21. The normalized spacial score (nSPS) is 17.2. The van der Waals surface area contributed by atoms with Crippen molar-refractivity contribution in [3.8, 4) is 5.00 Å². The maximum absolute atomic E-state index is 14.5. The van der Waals surface area contributed by atoms with Gasteiger partial charge in [0, 0.05) is 40.8 Å². The summed E-state index contributed by atoms with van der Waals surface area (Å²) in [6.07, 6.45) is 2.94. The molecule has 0 fully saturated rings. The fraction of sp³-hybridized carbons (Fsp3) is 0.222. The Bertz CT molecular complexity index is 1470. The van der Waals surface area contributed by atoms with Crippen molar-refractivity contribution >= 4 is 34.7 Å². The highest BCUT2D eigenvalue weighted by atomic mass is 35.5. The number of fused-ring (bicyclic) bond motifs is 5. The van der Waals surface area contributed by atoms with E-state index in [1.807, 2.05) is 30.5 Å². The largest absolute Gasteiger partial charge is 0.323 e. The second-order valence-corrected chi connectivity index (χ2v) is 10.7. The number of likely N-dealkylation sites (N-methyl/N-ethyl adjacent to an activating group) is 1. The predicted octanol–water partition coefficient (Wildman–Crippen LogP) is 6.60. The van der Waals surface area contributed by atoms with Crippen LogP contribution >= 0.6 is 22.9 Å². The Balaban J connectivity index is 1.49. The van der Waals surface area contributed by atoms with E-state index in [2.05, 4.69) is 21.8 Å². The number of hydrogen-bond donors (Lipinski definition) is 1. The van der Waals surface area contributed by atoms with E-state index in [1.165, 1.54) is 16.5 Å². The first-order valence-corrected chi connectivity index (χ1v) is 12.9. The number of nitrogens with zero attached hydrogens (tertiary/aromatic N) is 3. The number of benzene rings is 2. The van der Waals surface area contributed by atoms with Crippen LogP contribution in [0.2, 0.25) is 5.02 Å². The molecule has 0 unspecified atom stereocenters. The van der Waals surface area contributed by atoms with Gasteiger partial charge in [-0.1, -0.05) is 23.7 Å². The summed E-state index contributed by atoms with van der Waals surface area (Å²) in [5.41, 5.74) is 4.16. The third kappa shape index (κ3) is 3.99. The topological polar surface area (TPSA) is 40.5 Å². The zero-order valence-electron chi connectivity index (χ0n) is 19.5. The fourth-order valence-corrected chi connectivity index (χ4v) is 6.69. The average Bonchev–Trinajstić information content (AvgIpc) is 3.43. The molecule has 4 heterocycles. The van der Waals surface area contributed by atoms with Crippen molar-refractivity contribution in [2.75, 3.05) is 18.9 Å². The molecule has 0 aliphatic carbocycles. The summed E-state index contributed by atoms with van der Waals surface area (Å²) in [5, 5.41) is 4.39. The Labute approximate surface area is 216 Å². The number of halogens is 3. The highest BCUT2D eigenvalue weighted by Gasteiger charge is 2.36. The molecule has 2 aromatic carbocycles. The van der Waals surface area contributed by atoms with Crippen molar-refractivity contribution in [2.24, 2.45) is 0 Å². The summed E-state index contributed by atoms with van der Waals surface area (Å²) in [6.45, 7) is 2.17. The highest BCUT2D eigenvalue weighted by Crippen LogP contribution is 2.43. The molecular formula is C27H23ClF2N4OS. The van der Waals surface area contributed by atoms with Gasteiger partial charge in [0.15, 0.2) is 0 Å². The van der Waals surface area contributed by atoms with Gasteiger partial charge < -0.3 is 19.7 Å². The summed E-state index contributed by atoms with van der Waals surface area (Å²) in [4.78, 5) is 19.1. The van der Waals surface area contributed by atoms with Crippen LogP contribution in [0.5, 0.6) is 0 Å². The summed E-state index contributed by atoms with van der Waals surface area (Å²) < 4.78 is 30.1. The number of hydrogen-bond acceptors (Lipinski definition) is 3. The lowest BCUT2D eigenvalue weighted by molar-refractivity contribution is 0.194. The maximum atomic E-state index is 14.5. The average molecular weight is 525 g/mol. The summed E-state index contributed by atoms with van der Waals surface area (Å²) in [5.74, 6) is -1.52. The van der Waals surface area contributed by atoms with Crippen LogP contribution in [0, 0.1) is 11.6 Å². The Morgan fingerprint density at radius 1 is 1.08 bits per heavy atom. The van der Waals surface area contributed by atoms with E-state index in [9.17, 15) is 13.6 Å². The molecule has 6 rings (SSSR count). The van der Waals surface area contributed by atoms with Crippen molar-refractivity contribution in [2.45, 2.75) is 25.6 Å². The van der Waals surface area contributed by atoms with Gasteiger partial charge in [0.05, 0.1) is 24.0 Å². The quantitative estimate of drug-likeness (QED) is 0.321. The molecule has 2 aromatic heterocycles. The van der Waals surface area contributed by atoms with Crippen molar-refractivity contribution < 1.29 is 13.6 Å². The first kappa shape index (κ1) is 23.2. The third-order valence-corrected chi connectivity index (χ3v) is 8.38. The number of nitrogens with one attached hydrogen (secondary N) is 1. The van der Waals surface area contributed by atoms with Crippen LogP contribution in [0.25, 0.3) is 5.00 Å². The summed E-state index contributed by atoms with van der Waals surface area (Å²) in [7, 11) is 2.11. The lowest BCUT2D eigenvalue weighted by Gasteiger charge is -2.32. The van der Waals surface area contributed by atoms with Gasteiger partial charge >= 0.3 is 6.03 Å². The van der Waals surface area contributed by atoms with E-state index >= 15 is 0 Å². The molecule has 1 N–H and O–H groups in total. The van der Waals surface area contributed by atoms with E-state index in [0.717, 1.165) is 53.5 Å². The molecule has 36 heavy (non-hydrogen) atoms. The SMILES string of the molecule is CN1CCc2c(sc3c2CN(C(=O)Nc2ccc(F)cc2F)[C@@H](c2ccc(Cl)cc2)c2cccn2-3)C1. The Morgan fingerprint density at radius 3 is 2.67 bits per heavy atom. The van der Waals surface area contributed by atoms with Gasteiger partial charge in [0.2, 0.25) is 0 Å². The molecule has 0 radical (unpaired) electrons. The molecule has 2 aliphatic rings. The molecule has 184 valence electrons. The van der Waals surface area contributed by atoms with Crippen molar-refractivity contribution in [1.82, 2.24) is 14.4 Å². The van der Waals surface area contributed by atoms with E-state index in [0.29, 0.717) is 11.6 Å². The van der Waals surface area contributed by atoms with Gasteiger partial charge in [0.25, 0.3) is 0 Å². The smallest absolute Gasteiger partial charge is 0.310 e. The standard InChI is InChI=1S/C27H23ClF2N4OS/c1-32-12-10-19-20-14-34(27(35)31-22-9-8-18(29)13-21(22)30)25(16-4-6-17(28)7-5-16)23-3-2-11-33(23)26(20)36-24(19)15-32/h2-9,11,13,25H,10,12,14-15H2,1H3,(H,31,35)/t25-/m0/s1.